The lowest BCUT2D eigenvalue weighted by Gasteiger charge is -2.21. The standard InChI is InChI=1S/C11H23NO2/c1-6-10(4)7-12(5)11(13)8-14-9(2)3/h9-10H,6-8H2,1-5H3. The Bertz CT molecular complexity index is 169. The van der Waals surface area contributed by atoms with Crippen LogP contribution in [-0.2, 0) is 9.53 Å². The molecule has 0 saturated heterocycles. The molecule has 1 unspecified atom stereocenters. The van der Waals surface area contributed by atoms with E-state index < -0.39 is 0 Å². The third-order valence-electron chi connectivity index (χ3n) is 2.25. The van der Waals surface area contributed by atoms with Gasteiger partial charge in [0.1, 0.15) is 6.61 Å². The van der Waals surface area contributed by atoms with Gasteiger partial charge in [-0.25, -0.2) is 0 Å². The first-order chi connectivity index (χ1) is 6.47. The van der Waals surface area contributed by atoms with Gasteiger partial charge in [0.05, 0.1) is 6.10 Å². The van der Waals surface area contributed by atoms with Crippen molar-refractivity contribution in [3.8, 4) is 0 Å². The maximum atomic E-state index is 11.5. The second-order valence-corrected chi connectivity index (χ2v) is 4.15. The Morgan fingerprint density at radius 1 is 1.36 bits per heavy atom. The number of likely N-dealkylation sites (N-methyl/N-ethyl adjacent to an activating group) is 1. The third-order valence-corrected chi connectivity index (χ3v) is 2.25. The Labute approximate surface area is 87.4 Å². The van der Waals surface area contributed by atoms with Gasteiger partial charge in [-0.3, -0.25) is 4.79 Å². The Morgan fingerprint density at radius 3 is 2.36 bits per heavy atom. The topological polar surface area (TPSA) is 29.5 Å². The van der Waals surface area contributed by atoms with Crippen molar-refractivity contribution in [1.82, 2.24) is 4.90 Å². The van der Waals surface area contributed by atoms with Gasteiger partial charge in [0, 0.05) is 13.6 Å². The minimum absolute atomic E-state index is 0.0685. The number of hydrogen-bond donors (Lipinski definition) is 0. The molecule has 0 aromatic heterocycles. The SMILES string of the molecule is CCC(C)CN(C)C(=O)COC(C)C. The predicted molar refractivity (Wildman–Crippen MR) is 58.2 cm³/mol. The maximum Gasteiger partial charge on any atom is 0.248 e. The van der Waals surface area contributed by atoms with Crippen molar-refractivity contribution >= 4 is 5.91 Å². The van der Waals surface area contributed by atoms with Crippen molar-refractivity contribution < 1.29 is 9.53 Å². The highest BCUT2D eigenvalue weighted by atomic mass is 16.5. The van der Waals surface area contributed by atoms with Crippen molar-refractivity contribution in [3.05, 3.63) is 0 Å². The van der Waals surface area contributed by atoms with Crippen LogP contribution in [0.25, 0.3) is 0 Å². The van der Waals surface area contributed by atoms with Crippen molar-refractivity contribution in [3.63, 3.8) is 0 Å². The van der Waals surface area contributed by atoms with E-state index >= 15 is 0 Å². The molecule has 0 aromatic rings. The van der Waals surface area contributed by atoms with Crippen LogP contribution in [-0.4, -0.2) is 37.1 Å². The predicted octanol–water partition coefficient (Wildman–Crippen LogP) is 1.92. The number of rotatable bonds is 6. The largest absolute Gasteiger partial charge is 0.369 e. The molecule has 1 atom stereocenters. The molecule has 3 heteroatoms. The molecular formula is C11H23NO2. The van der Waals surface area contributed by atoms with Crippen LogP contribution >= 0.6 is 0 Å². The summed E-state index contributed by atoms with van der Waals surface area (Å²) in [5.41, 5.74) is 0. The zero-order valence-corrected chi connectivity index (χ0v) is 10.0. The molecule has 0 N–H and O–H groups in total. The number of carbonyl (C=O) groups is 1. The minimum atomic E-state index is 0.0685. The summed E-state index contributed by atoms with van der Waals surface area (Å²) in [5.74, 6) is 0.627. The van der Waals surface area contributed by atoms with Crippen molar-refractivity contribution in [2.45, 2.75) is 40.2 Å². The van der Waals surface area contributed by atoms with Crippen LogP contribution in [0, 0.1) is 5.92 Å². The van der Waals surface area contributed by atoms with Gasteiger partial charge in [-0.15, -0.1) is 0 Å². The minimum Gasteiger partial charge on any atom is -0.369 e. The molecule has 1 amide bonds. The first-order valence-corrected chi connectivity index (χ1v) is 5.32. The first-order valence-electron chi connectivity index (χ1n) is 5.32. The number of nitrogens with zero attached hydrogens (tertiary/aromatic N) is 1. The third kappa shape index (κ3) is 5.97. The van der Waals surface area contributed by atoms with Crippen LogP contribution in [0.4, 0.5) is 0 Å². The Kier molecular flexibility index (Phi) is 6.54. The van der Waals surface area contributed by atoms with Crippen molar-refractivity contribution in [2.24, 2.45) is 5.92 Å². The molecule has 14 heavy (non-hydrogen) atoms. The van der Waals surface area contributed by atoms with E-state index in [1.807, 2.05) is 20.9 Å². The lowest BCUT2D eigenvalue weighted by atomic mass is 10.1. The summed E-state index contributed by atoms with van der Waals surface area (Å²) in [6, 6.07) is 0. The number of ether oxygens (including phenoxy) is 1. The number of hydrogen-bond acceptors (Lipinski definition) is 2. The lowest BCUT2D eigenvalue weighted by Crippen LogP contribution is -2.34. The molecule has 0 rings (SSSR count). The molecule has 0 aromatic carbocycles. The molecule has 0 radical (unpaired) electrons. The Balaban J connectivity index is 3.76. The fourth-order valence-electron chi connectivity index (χ4n) is 1.05. The van der Waals surface area contributed by atoms with Gasteiger partial charge >= 0.3 is 0 Å². The van der Waals surface area contributed by atoms with Crippen molar-refractivity contribution in [2.75, 3.05) is 20.2 Å². The zero-order valence-electron chi connectivity index (χ0n) is 10.0. The summed E-state index contributed by atoms with van der Waals surface area (Å²) in [7, 11) is 1.83. The van der Waals surface area contributed by atoms with Crippen LogP contribution < -0.4 is 0 Å². The molecule has 0 spiro atoms. The van der Waals surface area contributed by atoms with Crippen LogP contribution in [0.1, 0.15) is 34.1 Å². The van der Waals surface area contributed by atoms with Gasteiger partial charge in [0.25, 0.3) is 0 Å². The van der Waals surface area contributed by atoms with Gasteiger partial charge in [-0.1, -0.05) is 20.3 Å². The fourth-order valence-corrected chi connectivity index (χ4v) is 1.05. The van der Waals surface area contributed by atoms with Gasteiger partial charge in [0.2, 0.25) is 5.91 Å². The average Bonchev–Trinajstić information content (AvgIpc) is 2.13. The van der Waals surface area contributed by atoms with Gasteiger partial charge in [-0.2, -0.15) is 0 Å². The normalized spacial score (nSPS) is 13.0. The molecule has 3 nitrogen and oxygen atoms in total. The van der Waals surface area contributed by atoms with E-state index in [4.69, 9.17) is 4.74 Å². The van der Waals surface area contributed by atoms with E-state index in [2.05, 4.69) is 13.8 Å². The summed E-state index contributed by atoms with van der Waals surface area (Å²) in [5, 5.41) is 0. The Hall–Kier alpha value is -0.570. The second-order valence-electron chi connectivity index (χ2n) is 4.15. The summed E-state index contributed by atoms with van der Waals surface area (Å²) >= 11 is 0. The van der Waals surface area contributed by atoms with E-state index in [0.29, 0.717) is 5.92 Å². The molecule has 84 valence electrons. The van der Waals surface area contributed by atoms with Crippen LogP contribution in [0.3, 0.4) is 0 Å². The highest BCUT2D eigenvalue weighted by Gasteiger charge is 2.11. The van der Waals surface area contributed by atoms with E-state index in [1.54, 1.807) is 4.90 Å². The van der Waals surface area contributed by atoms with E-state index in [1.165, 1.54) is 0 Å². The van der Waals surface area contributed by atoms with Crippen LogP contribution in [0.2, 0.25) is 0 Å². The van der Waals surface area contributed by atoms with E-state index in [0.717, 1.165) is 13.0 Å². The monoisotopic (exact) mass is 201 g/mol. The number of carbonyl (C=O) groups excluding carboxylic acids is 1. The maximum absolute atomic E-state index is 11.5. The zero-order chi connectivity index (χ0) is 11.1. The quantitative estimate of drug-likeness (QED) is 0.657. The molecule has 0 fully saturated rings. The van der Waals surface area contributed by atoms with E-state index in [9.17, 15) is 4.79 Å². The van der Waals surface area contributed by atoms with Gasteiger partial charge in [0.15, 0.2) is 0 Å². The van der Waals surface area contributed by atoms with Crippen LogP contribution in [0.5, 0.6) is 0 Å². The fraction of sp³-hybridized carbons (Fsp3) is 0.909. The second kappa shape index (κ2) is 6.82. The highest BCUT2D eigenvalue weighted by Crippen LogP contribution is 2.03. The van der Waals surface area contributed by atoms with E-state index in [-0.39, 0.29) is 18.6 Å². The van der Waals surface area contributed by atoms with Crippen LogP contribution in [0.15, 0.2) is 0 Å². The lowest BCUT2D eigenvalue weighted by molar-refractivity contribution is -0.136. The smallest absolute Gasteiger partial charge is 0.248 e. The molecular weight excluding hydrogens is 178 g/mol. The summed E-state index contributed by atoms with van der Waals surface area (Å²) in [6.07, 6.45) is 1.22. The molecule has 0 aliphatic carbocycles. The first kappa shape index (κ1) is 13.4. The summed E-state index contributed by atoms with van der Waals surface area (Å²) in [4.78, 5) is 13.2. The summed E-state index contributed by atoms with van der Waals surface area (Å²) < 4.78 is 5.25. The highest BCUT2D eigenvalue weighted by molar-refractivity contribution is 5.77. The molecule has 0 saturated carbocycles. The van der Waals surface area contributed by atoms with Gasteiger partial charge < -0.3 is 9.64 Å². The average molecular weight is 201 g/mol. The van der Waals surface area contributed by atoms with Crippen molar-refractivity contribution in [1.29, 1.82) is 0 Å². The molecule has 0 aliphatic rings. The molecule has 0 heterocycles. The molecule has 0 aliphatic heterocycles. The Morgan fingerprint density at radius 2 is 1.93 bits per heavy atom. The summed E-state index contributed by atoms with van der Waals surface area (Å²) in [6.45, 7) is 9.16. The number of amides is 1. The molecule has 0 bridgehead atoms. The van der Waals surface area contributed by atoms with Gasteiger partial charge in [-0.05, 0) is 19.8 Å².